The van der Waals surface area contributed by atoms with Gasteiger partial charge in [-0.3, -0.25) is 14.2 Å². The summed E-state index contributed by atoms with van der Waals surface area (Å²) < 4.78 is 1.65. The monoisotopic (exact) mass is 315 g/mol. The summed E-state index contributed by atoms with van der Waals surface area (Å²) in [5.74, 6) is 0.616. The minimum absolute atomic E-state index is 0.0524. The molecule has 1 aliphatic heterocycles. The van der Waals surface area contributed by atoms with Gasteiger partial charge in [0, 0.05) is 29.6 Å². The summed E-state index contributed by atoms with van der Waals surface area (Å²) in [7, 11) is 0. The van der Waals surface area contributed by atoms with Gasteiger partial charge in [0.15, 0.2) is 5.16 Å². The van der Waals surface area contributed by atoms with Crippen molar-refractivity contribution < 1.29 is 4.79 Å². The Bertz CT molecular complexity index is 785. The molecular formula is C16H17N3O2S. The van der Waals surface area contributed by atoms with Crippen LogP contribution in [0.1, 0.15) is 23.6 Å². The number of thioether (sulfide) groups is 1. The minimum Gasteiger partial charge on any atom is -0.326 e. The molecule has 6 heteroatoms. The molecule has 1 amide bonds. The molecule has 0 radical (unpaired) electrons. The molecule has 0 saturated heterocycles. The molecule has 0 bridgehead atoms. The number of carbonyl (C=O) groups is 1. The Morgan fingerprint density at radius 3 is 3.05 bits per heavy atom. The van der Waals surface area contributed by atoms with E-state index < -0.39 is 0 Å². The highest BCUT2D eigenvalue weighted by Gasteiger charge is 2.27. The van der Waals surface area contributed by atoms with Crippen LogP contribution in [-0.2, 0) is 4.79 Å². The van der Waals surface area contributed by atoms with E-state index in [2.05, 4.69) is 10.3 Å². The average Bonchev–Trinajstić information content (AvgIpc) is 2.86. The molecule has 5 nitrogen and oxygen atoms in total. The molecular weight excluding hydrogens is 298 g/mol. The van der Waals surface area contributed by atoms with Gasteiger partial charge in [-0.05, 0) is 31.5 Å². The van der Waals surface area contributed by atoms with E-state index in [1.165, 1.54) is 11.8 Å². The maximum atomic E-state index is 12.2. The first kappa shape index (κ1) is 14.8. The maximum absolute atomic E-state index is 12.2. The Morgan fingerprint density at radius 1 is 1.45 bits per heavy atom. The lowest BCUT2D eigenvalue weighted by atomic mass is 10.2. The van der Waals surface area contributed by atoms with Gasteiger partial charge < -0.3 is 5.32 Å². The first-order valence-electron chi connectivity index (χ1n) is 7.12. The molecule has 1 atom stereocenters. The summed E-state index contributed by atoms with van der Waals surface area (Å²) in [6, 6.07) is 7.54. The number of nitrogens with zero attached hydrogens (tertiary/aromatic N) is 2. The molecule has 2 aromatic rings. The number of anilines is 1. The lowest BCUT2D eigenvalue weighted by molar-refractivity contribution is -0.116. The van der Waals surface area contributed by atoms with Gasteiger partial charge in [-0.2, -0.15) is 0 Å². The predicted octanol–water partition coefficient (Wildman–Crippen LogP) is 2.54. The number of benzene rings is 1. The van der Waals surface area contributed by atoms with Crippen LogP contribution >= 0.6 is 11.8 Å². The van der Waals surface area contributed by atoms with Crippen molar-refractivity contribution in [2.24, 2.45) is 0 Å². The number of aryl methyl sites for hydroxylation is 2. The maximum Gasteiger partial charge on any atom is 0.257 e. The average molecular weight is 315 g/mol. The van der Waals surface area contributed by atoms with Crippen LogP contribution in [0, 0.1) is 13.8 Å². The predicted molar refractivity (Wildman–Crippen MR) is 87.4 cm³/mol. The molecule has 0 spiro atoms. The highest BCUT2D eigenvalue weighted by atomic mass is 32.2. The van der Waals surface area contributed by atoms with Crippen molar-refractivity contribution >= 4 is 23.4 Å². The Kier molecular flexibility index (Phi) is 4.02. The lowest BCUT2D eigenvalue weighted by Crippen LogP contribution is -2.28. The number of carbonyl (C=O) groups excluding carboxylic acids is 1. The molecule has 0 saturated carbocycles. The van der Waals surface area contributed by atoms with E-state index in [0.29, 0.717) is 16.5 Å². The van der Waals surface area contributed by atoms with E-state index in [1.54, 1.807) is 17.7 Å². The second kappa shape index (κ2) is 5.96. The topological polar surface area (TPSA) is 64.0 Å². The quantitative estimate of drug-likeness (QED) is 0.884. The van der Waals surface area contributed by atoms with E-state index >= 15 is 0 Å². The van der Waals surface area contributed by atoms with Gasteiger partial charge in [-0.25, -0.2) is 4.98 Å². The minimum atomic E-state index is -0.135. The number of aromatic nitrogens is 2. The zero-order chi connectivity index (χ0) is 15.7. The summed E-state index contributed by atoms with van der Waals surface area (Å²) in [5, 5.41) is 3.59. The van der Waals surface area contributed by atoms with Crippen LogP contribution in [0.15, 0.2) is 40.4 Å². The number of hydrogen-bond donors (Lipinski definition) is 1. The molecule has 1 unspecified atom stereocenters. The number of hydrogen-bond acceptors (Lipinski definition) is 4. The first-order valence-corrected chi connectivity index (χ1v) is 8.10. The highest BCUT2D eigenvalue weighted by molar-refractivity contribution is 7.99. The van der Waals surface area contributed by atoms with Gasteiger partial charge in [0.25, 0.3) is 5.56 Å². The van der Waals surface area contributed by atoms with Gasteiger partial charge in [0.05, 0.1) is 6.04 Å². The summed E-state index contributed by atoms with van der Waals surface area (Å²) in [6.45, 7) is 3.73. The Hall–Kier alpha value is -2.08. The summed E-state index contributed by atoms with van der Waals surface area (Å²) >= 11 is 1.52. The number of nitrogens with one attached hydrogen (secondary N) is 1. The molecule has 1 aromatic carbocycles. The fourth-order valence-electron chi connectivity index (χ4n) is 2.52. The zero-order valence-corrected chi connectivity index (χ0v) is 13.3. The van der Waals surface area contributed by atoms with Gasteiger partial charge >= 0.3 is 0 Å². The smallest absolute Gasteiger partial charge is 0.257 e. The number of fused-ring (bicyclic) bond motifs is 1. The van der Waals surface area contributed by atoms with Crippen molar-refractivity contribution in [3.8, 4) is 0 Å². The van der Waals surface area contributed by atoms with Crippen molar-refractivity contribution in [2.45, 2.75) is 31.5 Å². The third-order valence-corrected chi connectivity index (χ3v) is 4.74. The van der Waals surface area contributed by atoms with Crippen molar-refractivity contribution in [2.75, 3.05) is 11.1 Å². The fraction of sp³-hybridized carbons (Fsp3) is 0.312. The van der Waals surface area contributed by atoms with Crippen molar-refractivity contribution in [3.05, 3.63) is 51.9 Å². The summed E-state index contributed by atoms with van der Waals surface area (Å²) in [6.07, 6.45) is 1.87. The van der Waals surface area contributed by atoms with Crippen LogP contribution < -0.4 is 10.9 Å². The zero-order valence-electron chi connectivity index (χ0n) is 12.5. The van der Waals surface area contributed by atoms with Crippen LogP contribution in [0.3, 0.4) is 0 Å². The first-order chi connectivity index (χ1) is 10.5. The molecule has 1 aliphatic rings. The third kappa shape index (κ3) is 2.92. The van der Waals surface area contributed by atoms with Gasteiger partial charge in [-0.1, -0.05) is 23.9 Å². The normalized spacial score (nSPS) is 16.4. The van der Waals surface area contributed by atoms with Crippen LogP contribution in [0.5, 0.6) is 0 Å². The van der Waals surface area contributed by atoms with E-state index in [9.17, 15) is 9.59 Å². The van der Waals surface area contributed by atoms with Crippen LogP contribution in [0.4, 0.5) is 5.69 Å². The molecule has 22 heavy (non-hydrogen) atoms. The summed E-state index contributed by atoms with van der Waals surface area (Å²) in [4.78, 5) is 28.7. The standard InChI is InChI=1S/C16H17N3O2S/c1-10-4-3-5-12(6-10)18-14(20)7-13-9-22-16-17-8-11(2)15(21)19(13)16/h3-6,8,13H,7,9H2,1-2H3,(H,18,20). The van der Waals surface area contributed by atoms with Gasteiger partial charge in [-0.15, -0.1) is 0 Å². The van der Waals surface area contributed by atoms with Crippen molar-refractivity contribution in [1.29, 1.82) is 0 Å². The van der Waals surface area contributed by atoms with E-state index in [4.69, 9.17) is 0 Å². The van der Waals surface area contributed by atoms with E-state index in [0.717, 1.165) is 11.3 Å². The fourth-order valence-corrected chi connectivity index (χ4v) is 3.63. The highest BCUT2D eigenvalue weighted by Crippen LogP contribution is 2.32. The molecule has 0 aliphatic carbocycles. The van der Waals surface area contributed by atoms with Crippen LogP contribution in [0.25, 0.3) is 0 Å². The Balaban J connectivity index is 1.75. The molecule has 2 heterocycles. The number of amides is 1. The molecule has 0 fully saturated rings. The summed E-state index contributed by atoms with van der Waals surface area (Å²) in [5.41, 5.74) is 2.43. The molecule has 1 aromatic heterocycles. The van der Waals surface area contributed by atoms with Crippen LogP contribution in [-0.4, -0.2) is 21.2 Å². The largest absolute Gasteiger partial charge is 0.326 e. The van der Waals surface area contributed by atoms with Crippen LogP contribution in [0.2, 0.25) is 0 Å². The lowest BCUT2D eigenvalue weighted by Gasteiger charge is -2.13. The van der Waals surface area contributed by atoms with Crippen molar-refractivity contribution in [1.82, 2.24) is 9.55 Å². The number of rotatable bonds is 3. The van der Waals surface area contributed by atoms with E-state index in [1.807, 2.05) is 31.2 Å². The molecule has 1 N–H and O–H groups in total. The molecule has 114 valence electrons. The third-order valence-electron chi connectivity index (χ3n) is 3.62. The van der Waals surface area contributed by atoms with Gasteiger partial charge in [0.2, 0.25) is 5.91 Å². The van der Waals surface area contributed by atoms with Gasteiger partial charge in [0.1, 0.15) is 0 Å². The SMILES string of the molecule is Cc1cccc(NC(=O)CC2CSc3ncc(C)c(=O)n32)c1. The second-order valence-electron chi connectivity index (χ2n) is 5.49. The van der Waals surface area contributed by atoms with E-state index in [-0.39, 0.29) is 23.9 Å². The molecule has 3 rings (SSSR count). The second-order valence-corrected chi connectivity index (χ2v) is 6.47. The Labute approximate surface area is 132 Å². The Morgan fingerprint density at radius 2 is 2.27 bits per heavy atom. The van der Waals surface area contributed by atoms with Crippen molar-refractivity contribution in [3.63, 3.8) is 0 Å².